The normalized spacial score (nSPS) is 14.0. The summed E-state index contributed by atoms with van der Waals surface area (Å²) in [6.45, 7) is 10.5. The predicted molar refractivity (Wildman–Crippen MR) is 131 cm³/mol. The molecule has 2 rings (SSSR count). The summed E-state index contributed by atoms with van der Waals surface area (Å²) < 4.78 is 11.2. The lowest BCUT2D eigenvalue weighted by Gasteiger charge is -2.33. The molecule has 0 aliphatic carbocycles. The third kappa shape index (κ3) is 7.46. The Kier molecular flexibility index (Phi) is 9.67. The molecular weight excluding hydrogens is 416 g/mol. The maximum Gasteiger partial charge on any atom is 0.242 e. The van der Waals surface area contributed by atoms with E-state index in [1.165, 1.54) is 0 Å². The van der Waals surface area contributed by atoms with Crippen molar-refractivity contribution in [2.75, 3.05) is 20.8 Å². The first-order chi connectivity index (χ1) is 15.7. The summed E-state index contributed by atoms with van der Waals surface area (Å²) in [6, 6.07) is 16.5. The Labute approximate surface area is 197 Å². The van der Waals surface area contributed by atoms with Gasteiger partial charge in [-0.3, -0.25) is 9.59 Å². The van der Waals surface area contributed by atoms with Gasteiger partial charge in [-0.15, -0.1) is 6.58 Å². The van der Waals surface area contributed by atoms with E-state index in [9.17, 15) is 9.59 Å². The zero-order chi connectivity index (χ0) is 24.4. The summed E-state index contributed by atoms with van der Waals surface area (Å²) in [4.78, 5) is 26.1. The second-order valence-corrected chi connectivity index (χ2v) is 9.07. The zero-order valence-corrected chi connectivity index (χ0v) is 20.3. The monoisotopic (exact) mass is 452 g/mol. The van der Waals surface area contributed by atoms with Crippen LogP contribution in [0, 0.1) is 11.3 Å². The number of likely N-dealkylation sites (N-methyl/N-ethyl adjacent to an activating group) is 1. The molecule has 178 valence electrons. The van der Waals surface area contributed by atoms with Crippen molar-refractivity contribution in [3.8, 4) is 5.75 Å². The van der Waals surface area contributed by atoms with Gasteiger partial charge in [0.25, 0.3) is 0 Å². The zero-order valence-electron chi connectivity index (χ0n) is 20.3. The average molecular weight is 453 g/mol. The number of nitrogens with one attached hydrogen (secondary N) is 2. The van der Waals surface area contributed by atoms with Gasteiger partial charge in [0.1, 0.15) is 11.8 Å². The maximum atomic E-state index is 13.6. The van der Waals surface area contributed by atoms with Gasteiger partial charge in [-0.2, -0.15) is 0 Å². The molecule has 0 saturated heterocycles. The maximum absolute atomic E-state index is 13.6. The Hall–Kier alpha value is -3.12. The van der Waals surface area contributed by atoms with E-state index in [0.717, 1.165) is 11.1 Å². The third-order valence-corrected chi connectivity index (χ3v) is 5.57. The molecule has 0 aliphatic heterocycles. The van der Waals surface area contributed by atoms with Crippen LogP contribution in [0.2, 0.25) is 0 Å². The molecule has 0 fully saturated rings. The fraction of sp³-hybridized carbons (Fsp3) is 0.407. The van der Waals surface area contributed by atoms with Gasteiger partial charge in [0, 0.05) is 13.0 Å². The lowest BCUT2D eigenvalue weighted by atomic mass is 9.82. The van der Waals surface area contributed by atoms with E-state index in [0.29, 0.717) is 19.0 Å². The molecule has 0 spiro atoms. The van der Waals surface area contributed by atoms with Gasteiger partial charge in [-0.05, 0) is 28.7 Å². The Bertz CT molecular complexity index is 904. The van der Waals surface area contributed by atoms with E-state index >= 15 is 0 Å². The fourth-order valence-corrected chi connectivity index (χ4v) is 3.64. The number of carbonyl (C=O) groups excluding carboxylic acids is 2. The van der Waals surface area contributed by atoms with Crippen molar-refractivity contribution < 1.29 is 19.1 Å². The molecule has 0 unspecified atom stereocenters. The van der Waals surface area contributed by atoms with Crippen LogP contribution in [0.3, 0.4) is 0 Å². The fourth-order valence-electron chi connectivity index (χ4n) is 3.64. The van der Waals surface area contributed by atoms with Crippen molar-refractivity contribution in [2.24, 2.45) is 11.3 Å². The third-order valence-electron chi connectivity index (χ3n) is 5.57. The Morgan fingerprint density at radius 1 is 1.03 bits per heavy atom. The summed E-state index contributed by atoms with van der Waals surface area (Å²) >= 11 is 0. The minimum Gasteiger partial charge on any atom is -0.497 e. The molecule has 3 atom stereocenters. The van der Waals surface area contributed by atoms with Crippen LogP contribution < -0.4 is 15.4 Å². The van der Waals surface area contributed by atoms with Crippen LogP contribution in [0.1, 0.15) is 37.8 Å². The second-order valence-electron chi connectivity index (χ2n) is 9.07. The van der Waals surface area contributed by atoms with E-state index in [4.69, 9.17) is 9.47 Å². The number of amides is 2. The Morgan fingerprint density at radius 3 is 2.18 bits per heavy atom. The number of benzene rings is 2. The predicted octanol–water partition coefficient (Wildman–Crippen LogP) is 4.07. The average Bonchev–Trinajstić information content (AvgIpc) is 2.81. The summed E-state index contributed by atoms with van der Waals surface area (Å²) in [5.41, 5.74) is 1.39. The number of hydrogen-bond donors (Lipinski definition) is 2. The molecule has 0 bridgehead atoms. The van der Waals surface area contributed by atoms with Crippen LogP contribution >= 0.6 is 0 Å². The van der Waals surface area contributed by atoms with Crippen molar-refractivity contribution in [3.63, 3.8) is 0 Å². The molecule has 2 N–H and O–H groups in total. The van der Waals surface area contributed by atoms with Gasteiger partial charge in [0.2, 0.25) is 11.8 Å². The Morgan fingerprint density at radius 2 is 1.67 bits per heavy atom. The minimum absolute atomic E-state index is 0.236. The highest BCUT2D eigenvalue weighted by Crippen LogP contribution is 2.30. The molecule has 6 heteroatoms. The molecule has 0 heterocycles. The van der Waals surface area contributed by atoms with E-state index < -0.39 is 17.4 Å². The summed E-state index contributed by atoms with van der Waals surface area (Å²) in [7, 11) is 3.17. The molecule has 6 nitrogen and oxygen atoms in total. The van der Waals surface area contributed by atoms with Gasteiger partial charge >= 0.3 is 0 Å². The smallest absolute Gasteiger partial charge is 0.242 e. The van der Waals surface area contributed by atoms with Crippen molar-refractivity contribution >= 4 is 11.8 Å². The number of hydrogen-bond acceptors (Lipinski definition) is 4. The number of ether oxygens (including phenoxy) is 2. The van der Waals surface area contributed by atoms with Crippen LogP contribution in [-0.2, 0) is 20.9 Å². The van der Waals surface area contributed by atoms with E-state index in [2.05, 4.69) is 17.2 Å². The quantitative estimate of drug-likeness (QED) is 0.504. The molecule has 0 radical (unpaired) electrons. The summed E-state index contributed by atoms with van der Waals surface area (Å²) in [6.07, 6.45) is 1.74. The largest absolute Gasteiger partial charge is 0.497 e. The molecule has 33 heavy (non-hydrogen) atoms. The highest BCUT2D eigenvalue weighted by atomic mass is 16.5. The molecular formula is C27H36N2O4. The first-order valence-corrected chi connectivity index (χ1v) is 11.1. The van der Waals surface area contributed by atoms with Gasteiger partial charge in [-0.25, -0.2) is 0 Å². The van der Waals surface area contributed by atoms with Crippen LogP contribution in [0.4, 0.5) is 0 Å². The highest BCUT2D eigenvalue weighted by Gasteiger charge is 2.36. The summed E-state index contributed by atoms with van der Waals surface area (Å²) in [5, 5.41) is 5.62. The number of rotatable bonds is 11. The first kappa shape index (κ1) is 26.1. The van der Waals surface area contributed by atoms with Crippen LogP contribution in [0.15, 0.2) is 67.3 Å². The highest BCUT2D eigenvalue weighted by molar-refractivity contribution is 5.91. The lowest BCUT2D eigenvalue weighted by molar-refractivity contribution is -0.132. The van der Waals surface area contributed by atoms with Gasteiger partial charge in [0.05, 0.1) is 26.2 Å². The van der Waals surface area contributed by atoms with Crippen LogP contribution in [0.25, 0.3) is 0 Å². The van der Waals surface area contributed by atoms with E-state index in [1.807, 2.05) is 75.4 Å². The van der Waals surface area contributed by atoms with Crippen molar-refractivity contribution in [3.05, 3.63) is 78.4 Å². The van der Waals surface area contributed by atoms with Crippen LogP contribution in [0.5, 0.6) is 5.75 Å². The van der Waals surface area contributed by atoms with Crippen molar-refractivity contribution in [1.82, 2.24) is 10.6 Å². The standard InChI is InChI=1S/C27H36N2O4/c1-7-20(18-33-17-19-11-9-8-10-12-19)23(21-13-15-22(32-6)16-14-21)25(30)29-24(26(31)28-5)27(2,3)4/h7-16,20,23-24H,1,17-18H2,2-6H3,(H,28,31)(H,29,30)/t20-,23-,24+/m0/s1. The first-order valence-electron chi connectivity index (χ1n) is 11.1. The molecule has 2 aromatic carbocycles. The topological polar surface area (TPSA) is 76.7 Å². The van der Waals surface area contributed by atoms with Gasteiger partial charge < -0.3 is 20.1 Å². The SMILES string of the molecule is C=C[C@@H](COCc1ccccc1)[C@H](C(=O)N[C@H](C(=O)NC)C(C)(C)C)c1ccc(OC)cc1. The molecule has 0 aromatic heterocycles. The molecule has 0 saturated carbocycles. The second kappa shape index (κ2) is 12.2. The minimum atomic E-state index is -0.688. The molecule has 2 amide bonds. The molecule has 0 aliphatic rings. The number of methoxy groups -OCH3 is 1. The van der Waals surface area contributed by atoms with Gasteiger partial charge in [-0.1, -0.05) is 69.3 Å². The lowest BCUT2D eigenvalue weighted by Crippen LogP contribution is -2.54. The Balaban J connectivity index is 2.29. The number of carbonyl (C=O) groups is 2. The van der Waals surface area contributed by atoms with Gasteiger partial charge in [0.15, 0.2) is 0 Å². The van der Waals surface area contributed by atoms with Crippen molar-refractivity contribution in [2.45, 2.75) is 39.3 Å². The van der Waals surface area contributed by atoms with E-state index in [1.54, 1.807) is 20.2 Å². The summed E-state index contributed by atoms with van der Waals surface area (Å²) in [5.74, 6) is -0.672. The molecule has 2 aromatic rings. The van der Waals surface area contributed by atoms with Crippen LogP contribution in [-0.4, -0.2) is 38.6 Å². The van der Waals surface area contributed by atoms with Crippen molar-refractivity contribution in [1.29, 1.82) is 0 Å². The van der Waals surface area contributed by atoms with E-state index in [-0.39, 0.29) is 17.7 Å².